The summed E-state index contributed by atoms with van der Waals surface area (Å²) in [5, 5.41) is 13.7. The van der Waals surface area contributed by atoms with Crippen LogP contribution in [0.5, 0.6) is 0 Å². The molecule has 0 amide bonds. The third-order valence-corrected chi connectivity index (χ3v) is 3.34. The number of alkyl halides is 3. The first kappa shape index (κ1) is 17.3. The van der Waals surface area contributed by atoms with E-state index < -0.39 is 24.5 Å². The second-order valence-corrected chi connectivity index (χ2v) is 5.50. The van der Waals surface area contributed by atoms with Crippen molar-refractivity contribution in [2.45, 2.75) is 25.4 Å². The maximum atomic E-state index is 12.8. The molecule has 4 nitrogen and oxygen atoms in total. The van der Waals surface area contributed by atoms with E-state index >= 15 is 0 Å². The van der Waals surface area contributed by atoms with Gasteiger partial charge in [0.25, 0.3) is 0 Å². The molecule has 0 aliphatic heterocycles. The van der Waals surface area contributed by atoms with Crippen molar-refractivity contribution in [3.63, 3.8) is 0 Å². The SMILES string of the molecule is CC(C)(CNCC(/C(N)=N/O)C(F)(F)F)c1ccccc1. The van der Waals surface area contributed by atoms with E-state index in [1.54, 1.807) is 0 Å². The number of benzene rings is 1. The van der Waals surface area contributed by atoms with E-state index in [0.29, 0.717) is 6.54 Å². The van der Waals surface area contributed by atoms with Crippen molar-refractivity contribution in [2.75, 3.05) is 13.1 Å². The zero-order chi connectivity index (χ0) is 16.1. The summed E-state index contributed by atoms with van der Waals surface area (Å²) < 4.78 is 38.4. The van der Waals surface area contributed by atoms with Crippen LogP contribution >= 0.6 is 0 Å². The zero-order valence-corrected chi connectivity index (χ0v) is 12.0. The molecule has 0 aliphatic rings. The first-order valence-electron chi connectivity index (χ1n) is 6.49. The van der Waals surface area contributed by atoms with Gasteiger partial charge in [-0.25, -0.2) is 0 Å². The Morgan fingerprint density at radius 3 is 2.33 bits per heavy atom. The minimum absolute atomic E-state index is 0.331. The molecule has 1 atom stereocenters. The molecule has 0 fully saturated rings. The Hall–Kier alpha value is -1.76. The van der Waals surface area contributed by atoms with Crippen LogP contribution in [-0.2, 0) is 5.41 Å². The molecule has 118 valence electrons. The Labute approximate surface area is 121 Å². The van der Waals surface area contributed by atoms with Crippen molar-refractivity contribution < 1.29 is 18.4 Å². The van der Waals surface area contributed by atoms with Crippen LogP contribution in [0.15, 0.2) is 35.5 Å². The predicted octanol–water partition coefficient (Wildman–Crippen LogP) is 2.48. The summed E-state index contributed by atoms with van der Waals surface area (Å²) in [4.78, 5) is 0. The predicted molar refractivity (Wildman–Crippen MR) is 75.3 cm³/mol. The number of oxime groups is 1. The van der Waals surface area contributed by atoms with Crippen LogP contribution in [0.25, 0.3) is 0 Å². The molecular formula is C14H20F3N3O. The second-order valence-electron chi connectivity index (χ2n) is 5.50. The summed E-state index contributed by atoms with van der Waals surface area (Å²) >= 11 is 0. The van der Waals surface area contributed by atoms with Gasteiger partial charge in [0, 0.05) is 18.5 Å². The average molecular weight is 303 g/mol. The first-order chi connectivity index (χ1) is 9.68. The lowest BCUT2D eigenvalue weighted by molar-refractivity contribution is -0.155. The molecule has 7 heteroatoms. The van der Waals surface area contributed by atoms with Crippen LogP contribution in [0.2, 0.25) is 0 Å². The lowest BCUT2D eigenvalue weighted by atomic mass is 9.84. The third-order valence-electron chi connectivity index (χ3n) is 3.34. The lowest BCUT2D eigenvalue weighted by Crippen LogP contribution is -2.45. The minimum atomic E-state index is -4.56. The molecule has 0 saturated heterocycles. The topological polar surface area (TPSA) is 70.6 Å². The van der Waals surface area contributed by atoms with E-state index in [0.717, 1.165) is 5.56 Å². The van der Waals surface area contributed by atoms with Crippen molar-refractivity contribution in [1.29, 1.82) is 0 Å². The van der Waals surface area contributed by atoms with E-state index in [4.69, 9.17) is 10.9 Å². The second kappa shape index (κ2) is 6.80. The summed E-state index contributed by atoms with van der Waals surface area (Å²) in [7, 11) is 0. The number of nitrogens with zero attached hydrogens (tertiary/aromatic N) is 1. The van der Waals surface area contributed by atoms with Gasteiger partial charge in [-0.1, -0.05) is 49.3 Å². The van der Waals surface area contributed by atoms with Crippen LogP contribution in [0, 0.1) is 5.92 Å². The summed E-state index contributed by atoms with van der Waals surface area (Å²) in [5.41, 5.74) is 5.79. The Balaban J connectivity index is 2.66. The van der Waals surface area contributed by atoms with Crippen LogP contribution in [0.1, 0.15) is 19.4 Å². The molecule has 0 heterocycles. The maximum Gasteiger partial charge on any atom is 0.400 e. The fourth-order valence-electron chi connectivity index (χ4n) is 1.98. The van der Waals surface area contributed by atoms with Gasteiger partial charge in [-0.2, -0.15) is 13.2 Å². The molecule has 0 saturated carbocycles. The standard InChI is InChI=1S/C14H20F3N3O/c1-13(2,10-6-4-3-5-7-10)9-19-8-11(12(18)20-21)14(15,16)17/h3-7,11,19,21H,8-9H2,1-2H3,(H2,18,20). The Kier molecular flexibility index (Phi) is 5.60. The number of halogens is 3. The molecule has 0 radical (unpaired) electrons. The number of rotatable bonds is 6. The summed E-state index contributed by atoms with van der Waals surface area (Å²) in [5.74, 6) is -2.85. The quantitative estimate of drug-likeness (QED) is 0.327. The van der Waals surface area contributed by atoms with Gasteiger partial charge < -0.3 is 16.3 Å². The molecule has 0 bridgehead atoms. The van der Waals surface area contributed by atoms with Crippen molar-refractivity contribution in [3.05, 3.63) is 35.9 Å². The van der Waals surface area contributed by atoms with Gasteiger partial charge in [0.15, 0.2) is 5.84 Å². The normalized spacial score (nSPS) is 15.0. The fourth-order valence-corrected chi connectivity index (χ4v) is 1.98. The van der Waals surface area contributed by atoms with Gasteiger partial charge in [-0.15, -0.1) is 0 Å². The Bertz CT molecular complexity index is 472. The van der Waals surface area contributed by atoms with Gasteiger partial charge >= 0.3 is 6.18 Å². The van der Waals surface area contributed by atoms with Crippen LogP contribution in [-0.4, -0.2) is 30.3 Å². The van der Waals surface area contributed by atoms with Crippen molar-refractivity contribution in [3.8, 4) is 0 Å². The fraction of sp³-hybridized carbons (Fsp3) is 0.500. The number of hydrogen-bond donors (Lipinski definition) is 3. The van der Waals surface area contributed by atoms with Gasteiger partial charge in [-0.05, 0) is 5.56 Å². The molecule has 1 unspecified atom stereocenters. The molecule has 0 spiro atoms. The molecule has 4 N–H and O–H groups in total. The molecular weight excluding hydrogens is 283 g/mol. The Morgan fingerprint density at radius 1 is 1.29 bits per heavy atom. The molecule has 0 aliphatic carbocycles. The molecule has 21 heavy (non-hydrogen) atoms. The molecule has 0 aromatic heterocycles. The van der Waals surface area contributed by atoms with Gasteiger partial charge in [0.1, 0.15) is 5.92 Å². The number of amidine groups is 1. The van der Waals surface area contributed by atoms with Crippen molar-refractivity contribution >= 4 is 5.84 Å². The van der Waals surface area contributed by atoms with E-state index in [2.05, 4.69) is 10.5 Å². The summed E-state index contributed by atoms with van der Waals surface area (Å²) in [6.45, 7) is 3.76. The molecule has 1 aromatic carbocycles. The van der Waals surface area contributed by atoms with Gasteiger partial charge in [0.05, 0.1) is 0 Å². The van der Waals surface area contributed by atoms with Crippen molar-refractivity contribution in [1.82, 2.24) is 5.32 Å². The van der Waals surface area contributed by atoms with Gasteiger partial charge in [0.2, 0.25) is 0 Å². The number of nitrogens with two attached hydrogens (primary N) is 1. The van der Waals surface area contributed by atoms with E-state index in [9.17, 15) is 13.2 Å². The number of hydrogen-bond acceptors (Lipinski definition) is 3. The van der Waals surface area contributed by atoms with Gasteiger partial charge in [-0.3, -0.25) is 0 Å². The van der Waals surface area contributed by atoms with Crippen LogP contribution in [0.4, 0.5) is 13.2 Å². The van der Waals surface area contributed by atoms with Crippen LogP contribution in [0.3, 0.4) is 0 Å². The van der Waals surface area contributed by atoms with Crippen LogP contribution < -0.4 is 11.1 Å². The highest BCUT2D eigenvalue weighted by Gasteiger charge is 2.42. The maximum absolute atomic E-state index is 12.8. The smallest absolute Gasteiger partial charge is 0.400 e. The highest BCUT2D eigenvalue weighted by Crippen LogP contribution is 2.27. The monoisotopic (exact) mass is 303 g/mol. The first-order valence-corrected chi connectivity index (χ1v) is 6.49. The highest BCUT2D eigenvalue weighted by atomic mass is 19.4. The van der Waals surface area contributed by atoms with E-state index in [1.807, 2.05) is 44.2 Å². The zero-order valence-electron chi connectivity index (χ0n) is 12.0. The van der Waals surface area contributed by atoms with E-state index in [1.165, 1.54) is 0 Å². The number of nitrogens with one attached hydrogen (secondary N) is 1. The Morgan fingerprint density at radius 2 is 1.86 bits per heavy atom. The van der Waals surface area contributed by atoms with E-state index in [-0.39, 0.29) is 5.41 Å². The largest absolute Gasteiger partial charge is 0.409 e. The highest BCUT2D eigenvalue weighted by molar-refractivity contribution is 5.83. The summed E-state index contributed by atoms with van der Waals surface area (Å²) in [6.07, 6.45) is -4.56. The average Bonchev–Trinajstić information content (AvgIpc) is 2.42. The third kappa shape index (κ3) is 4.93. The van der Waals surface area contributed by atoms with Crippen molar-refractivity contribution in [2.24, 2.45) is 16.8 Å². The summed E-state index contributed by atoms with van der Waals surface area (Å²) in [6, 6.07) is 9.49. The molecule has 1 rings (SSSR count). The molecule has 1 aromatic rings. The minimum Gasteiger partial charge on any atom is -0.409 e. The lowest BCUT2D eigenvalue weighted by Gasteiger charge is -2.27.